The normalized spacial score (nSPS) is 11.1. The summed E-state index contributed by atoms with van der Waals surface area (Å²) in [5.74, 6) is 0.298. The summed E-state index contributed by atoms with van der Waals surface area (Å²) in [7, 11) is 3.43. The van der Waals surface area contributed by atoms with Crippen molar-refractivity contribution in [3.63, 3.8) is 0 Å². The lowest BCUT2D eigenvalue weighted by molar-refractivity contribution is -0.142. The predicted octanol–water partition coefficient (Wildman–Crippen LogP) is 4.86. The Hall–Kier alpha value is -3.27. The molecule has 4 heteroatoms. The van der Waals surface area contributed by atoms with Gasteiger partial charge in [0.2, 0.25) is 0 Å². The van der Waals surface area contributed by atoms with Gasteiger partial charge in [-0.3, -0.25) is 0 Å². The first-order chi connectivity index (χ1) is 13.1. The molecule has 0 saturated carbocycles. The number of ether oxygens (including phenoxy) is 2. The van der Waals surface area contributed by atoms with E-state index in [-0.39, 0.29) is 6.61 Å². The van der Waals surface area contributed by atoms with Crippen molar-refractivity contribution in [2.75, 3.05) is 13.7 Å². The Kier molecular flexibility index (Phi) is 4.32. The van der Waals surface area contributed by atoms with Gasteiger partial charge >= 0.3 is 5.97 Å². The molecule has 1 aromatic heterocycles. The van der Waals surface area contributed by atoms with E-state index >= 15 is 0 Å². The Morgan fingerprint density at radius 3 is 2.56 bits per heavy atom. The first kappa shape index (κ1) is 17.2. The largest absolute Gasteiger partial charge is 0.481 e. The topological polar surface area (TPSA) is 40.5 Å². The number of carbonyl (C=O) groups is 1. The van der Waals surface area contributed by atoms with Gasteiger partial charge in [-0.15, -0.1) is 0 Å². The first-order valence-corrected chi connectivity index (χ1v) is 8.87. The van der Waals surface area contributed by atoms with Gasteiger partial charge in [0.25, 0.3) is 0 Å². The average molecular weight is 359 g/mol. The zero-order valence-corrected chi connectivity index (χ0v) is 15.7. The van der Waals surface area contributed by atoms with Crippen molar-refractivity contribution in [1.82, 2.24) is 4.57 Å². The average Bonchev–Trinajstić information content (AvgIpc) is 2.96. The first-order valence-electron chi connectivity index (χ1n) is 8.87. The highest BCUT2D eigenvalue weighted by molar-refractivity contribution is 6.02. The summed E-state index contributed by atoms with van der Waals surface area (Å²) >= 11 is 0. The van der Waals surface area contributed by atoms with E-state index in [2.05, 4.69) is 67.1 Å². The van der Waals surface area contributed by atoms with Gasteiger partial charge in [-0.05, 0) is 35.4 Å². The quantitative estimate of drug-likeness (QED) is 0.489. The summed E-state index contributed by atoms with van der Waals surface area (Å²) in [6, 6.07) is 20.7. The third-order valence-corrected chi connectivity index (χ3v) is 5.05. The van der Waals surface area contributed by atoms with Gasteiger partial charge in [-0.2, -0.15) is 0 Å². The zero-order valence-electron chi connectivity index (χ0n) is 15.7. The highest BCUT2D eigenvalue weighted by Gasteiger charge is 2.18. The number of hydrogen-bond acceptors (Lipinski definition) is 3. The molecule has 0 bridgehead atoms. The molecule has 27 heavy (non-hydrogen) atoms. The van der Waals surface area contributed by atoms with Crippen LogP contribution in [0.5, 0.6) is 5.75 Å². The Bertz CT molecular complexity index is 1150. The molecule has 0 unspecified atom stereocenters. The molecule has 4 nitrogen and oxygen atoms in total. The Morgan fingerprint density at radius 2 is 1.74 bits per heavy atom. The van der Waals surface area contributed by atoms with E-state index in [1.54, 1.807) is 0 Å². The van der Waals surface area contributed by atoms with E-state index in [0.717, 1.165) is 22.2 Å². The van der Waals surface area contributed by atoms with Crippen molar-refractivity contribution in [2.45, 2.75) is 6.92 Å². The molecule has 0 spiro atoms. The van der Waals surface area contributed by atoms with Crippen molar-refractivity contribution in [3.8, 4) is 17.0 Å². The summed E-state index contributed by atoms with van der Waals surface area (Å²) in [6.07, 6.45) is 0. The number of esters is 1. The molecule has 136 valence electrons. The monoisotopic (exact) mass is 359 g/mol. The van der Waals surface area contributed by atoms with Gasteiger partial charge in [-0.1, -0.05) is 48.5 Å². The molecule has 0 aliphatic carbocycles. The molecule has 0 aliphatic rings. The molecule has 1 heterocycles. The summed E-state index contributed by atoms with van der Waals surface area (Å²) < 4.78 is 12.6. The van der Waals surface area contributed by atoms with Gasteiger partial charge in [-0.25, -0.2) is 4.79 Å². The van der Waals surface area contributed by atoms with E-state index in [4.69, 9.17) is 9.47 Å². The number of rotatable bonds is 4. The van der Waals surface area contributed by atoms with Gasteiger partial charge in [0, 0.05) is 18.0 Å². The van der Waals surface area contributed by atoms with Crippen LogP contribution in [-0.4, -0.2) is 24.3 Å². The minimum absolute atomic E-state index is 0.104. The van der Waals surface area contributed by atoms with E-state index in [1.165, 1.54) is 23.4 Å². The maximum absolute atomic E-state index is 11.5. The van der Waals surface area contributed by atoms with Crippen LogP contribution < -0.4 is 4.74 Å². The van der Waals surface area contributed by atoms with Gasteiger partial charge in [0.15, 0.2) is 6.61 Å². The number of aromatic nitrogens is 1. The zero-order chi connectivity index (χ0) is 19.0. The number of nitrogens with zero attached hydrogens (tertiary/aromatic N) is 1. The van der Waals surface area contributed by atoms with Crippen molar-refractivity contribution < 1.29 is 14.3 Å². The lowest BCUT2D eigenvalue weighted by atomic mass is 9.99. The standard InChI is InChI=1S/C23H21NO3/c1-15-22-19(12-7-13-20(22)27-14-21(25)26-3)24(2)23(15)18-11-6-9-16-8-4-5-10-17(16)18/h4-13H,14H2,1-3H3. The van der Waals surface area contributed by atoms with E-state index < -0.39 is 5.97 Å². The molecule has 0 atom stereocenters. The van der Waals surface area contributed by atoms with Crippen LogP contribution in [0.3, 0.4) is 0 Å². The third kappa shape index (κ3) is 2.83. The highest BCUT2D eigenvalue weighted by atomic mass is 16.6. The number of fused-ring (bicyclic) bond motifs is 2. The fraction of sp³-hybridized carbons (Fsp3) is 0.174. The van der Waals surface area contributed by atoms with Crippen LogP contribution in [0.15, 0.2) is 60.7 Å². The number of aryl methyl sites for hydroxylation is 2. The number of hydrogen-bond donors (Lipinski definition) is 0. The molecule has 0 saturated heterocycles. The van der Waals surface area contributed by atoms with Crippen molar-refractivity contribution >= 4 is 27.6 Å². The molecule has 0 radical (unpaired) electrons. The van der Waals surface area contributed by atoms with Crippen LogP contribution in [0.2, 0.25) is 0 Å². The van der Waals surface area contributed by atoms with Crippen LogP contribution in [0.4, 0.5) is 0 Å². The second-order valence-electron chi connectivity index (χ2n) is 6.57. The van der Waals surface area contributed by atoms with Gasteiger partial charge in [0.1, 0.15) is 5.75 Å². The highest BCUT2D eigenvalue weighted by Crippen LogP contribution is 2.39. The molecule has 0 aliphatic heterocycles. The van der Waals surface area contributed by atoms with E-state index in [0.29, 0.717) is 5.75 Å². The second kappa shape index (κ2) is 6.80. The molecular weight excluding hydrogens is 338 g/mol. The molecule has 3 aromatic carbocycles. The Balaban J connectivity index is 1.93. The number of methoxy groups -OCH3 is 1. The van der Waals surface area contributed by atoms with Gasteiger partial charge < -0.3 is 14.0 Å². The summed E-state index contributed by atoms with van der Waals surface area (Å²) in [5.41, 5.74) is 4.53. The summed E-state index contributed by atoms with van der Waals surface area (Å²) in [6.45, 7) is 2.00. The number of benzene rings is 3. The SMILES string of the molecule is COC(=O)COc1cccc2c1c(C)c(-c1cccc3ccccc13)n2C. The van der Waals surface area contributed by atoms with E-state index in [1.807, 2.05) is 12.1 Å². The van der Waals surface area contributed by atoms with Crippen molar-refractivity contribution in [1.29, 1.82) is 0 Å². The van der Waals surface area contributed by atoms with Crippen LogP contribution in [0.25, 0.3) is 32.9 Å². The van der Waals surface area contributed by atoms with Crippen LogP contribution in [0, 0.1) is 6.92 Å². The minimum Gasteiger partial charge on any atom is -0.481 e. The molecule has 0 N–H and O–H groups in total. The fourth-order valence-electron chi connectivity index (χ4n) is 3.80. The molecule has 0 fully saturated rings. The molecule has 0 amide bonds. The lowest BCUT2D eigenvalue weighted by Gasteiger charge is -2.10. The third-order valence-electron chi connectivity index (χ3n) is 5.05. The van der Waals surface area contributed by atoms with E-state index in [9.17, 15) is 4.79 Å². The van der Waals surface area contributed by atoms with Crippen LogP contribution in [0.1, 0.15) is 5.56 Å². The second-order valence-corrected chi connectivity index (χ2v) is 6.57. The maximum atomic E-state index is 11.5. The van der Waals surface area contributed by atoms with Crippen LogP contribution in [-0.2, 0) is 16.6 Å². The Labute approximate surface area is 157 Å². The fourth-order valence-corrected chi connectivity index (χ4v) is 3.80. The minimum atomic E-state index is -0.394. The summed E-state index contributed by atoms with van der Waals surface area (Å²) in [4.78, 5) is 11.5. The maximum Gasteiger partial charge on any atom is 0.343 e. The molecular formula is C23H21NO3. The lowest BCUT2D eigenvalue weighted by Crippen LogP contribution is -2.12. The molecule has 4 aromatic rings. The summed E-state index contributed by atoms with van der Waals surface area (Å²) in [5, 5.41) is 3.44. The molecule has 4 rings (SSSR count). The smallest absolute Gasteiger partial charge is 0.343 e. The van der Waals surface area contributed by atoms with Crippen LogP contribution >= 0.6 is 0 Å². The predicted molar refractivity (Wildman–Crippen MR) is 108 cm³/mol. The van der Waals surface area contributed by atoms with Crippen molar-refractivity contribution in [3.05, 3.63) is 66.2 Å². The number of carbonyl (C=O) groups excluding carboxylic acids is 1. The Morgan fingerprint density at radius 1 is 1.00 bits per heavy atom. The van der Waals surface area contributed by atoms with Gasteiger partial charge in [0.05, 0.1) is 18.3 Å². The van der Waals surface area contributed by atoms with Crippen molar-refractivity contribution in [2.24, 2.45) is 7.05 Å².